The third-order valence-corrected chi connectivity index (χ3v) is 4.75. The van der Waals surface area contributed by atoms with Crippen LogP contribution in [0.15, 0.2) is 32.8 Å². The second-order valence-electron chi connectivity index (χ2n) is 7.85. The fourth-order valence-electron chi connectivity index (χ4n) is 3.31. The number of aliphatic imine (C=N–C) groups is 2. The summed E-state index contributed by atoms with van der Waals surface area (Å²) < 4.78 is 13.0. The maximum atomic E-state index is 10.2. The van der Waals surface area contributed by atoms with Crippen molar-refractivity contribution in [3.63, 3.8) is 0 Å². The summed E-state index contributed by atoms with van der Waals surface area (Å²) >= 11 is 0. The normalized spacial score (nSPS) is 21.4. The van der Waals surface area contributed by atoms with Crippen molar-refractivity contribution >= 4 is 35.5 Å². The smallest absolute Gasteiger partial charge is 0.254 e. The maximum Gasteiger partial charge on any atom is 0.254 e. The van der Waals surface area contributed by atoms with Crippen molar-refractivity contribution in [1.29, 1.82) is 0 Å². The summed E-state index contributed by atoms with van der Waals surface area (Å²) in [5, 5.41) is 25.0. The van der Waals surface area contributed by atoms with Gasteiger partial charge in [-0.3, -0.25) is 0 Å². The quantitative estimate of drug-likeness (QED) is 0.408. The molecule has 32 heavy (non-hydrogen) atoms. The van der Waals surface area contributed by atoms with Crippen LogP contribution in [-0.4, -0.2) is 99.4 Å². The van der Waals surface area contributed by atoms with Crippen LogP contribution >= 0.6 is 0 Å². The van der Waals surface area contributed by atoms with Crippen LogP contribution in [0, 0.1) is 0 Å². The number of aliphatic hydroxyl groups is 2. The standard InChI is InChI=1S/C20H26N8O4/c1-26(2)10-21-18-16-17(13-6-5-7-31-13)25-28(15-8-12(30)14(9-29)32-15)19(16)24-20(23-18)22-11-27(3)4/h5-7,10-12,14-15,29-30H,8-9H2,1-4H3/b21-10-,22-11+. The van der Waals surface area contributed by atoms with Crippen LogP contribution in [0.5, 0.6) is 0 Å². The molecule has 4 heterocycles. The van der Waals surface area contributed by atoms with Gasteiger partial charge in [0.25, 0.3) is 5.95 Å². The van der Waals surface area contributed by atoms with E-state index < -0.39 is 18.4 Å². The highest BCUT2D eigenvalue weighted by Gasteiger charge is 2.37. The van der Waals surface area contributed by atoms with Crippen LogP contribution in [0.1, 0.15) is 12.6 Å². The molecule has 0 amide bonds. The monoisotopic (exact) mass is 442 g/mol. The number of fused-ring (bicyclic) bond motifs is 1. The molecular formula is C20H26N8O4. The number of aliphatic hydroxyl groups excluding tert-OH is 2. The van der Waals surface area contributed by atoms with E-state index >= 15 is 0 Å². The Morgan fingerprint density at radius 1 is 1.19 bits per heavy atom. The molecule has 3 atom stereocenters. The molecule has 3 unspecified atom stereocenters. The van der Waals surface area contributed by atoms with Crippen LogP contribution in [-0.2, 0) is 4.74 Å². The van der Waals surface area contributed by atoms with Gasteiger partial charge in [-0.2, -0.15) is 15.1 Å². The molecule has 1 aliphatic rings. The fourth-order valence-corrected chi connectivity index (χ4v) is 3.31. The Hall–Kier alpha value is -3.35. The molecule has 0 bridgehead atoms. The van der Waals surface area contributed by atoms with Gasteiger partial charge in [0, 0.05) is 34.6 Å². The first kappa shape index (κ1) is 21.9. The van der Waals surface area contributed by atoms with E-state index in [4.69, 9.17) is 14.3 Å². The third kappa shape index (κ3) is 4.33. The summed E-state index contributed by atoms with van der Waals surface area (Å²) in [6, 6.07) is 3.54. The number of nitrogens with zero attached hydrogens (tertiary/aromatic N) is 8. The average molecular weight is 442 g/mol. The van der Waals surface area contributed by atoms with Gasteiger partial charge in [-0.15, -0.1) is 0 Å². The van der Waals surface area contributed by atoms with E-state index in [1.807, 2.05) is 28.2 Å². The summed E-state index contributed by atoms with van der Waals surface area (Å²) in [6.45, 7) is -0.298. The zero-order valence-corrected chi connectivity index (χ0v) is 18.3. The Labute approximate surface area is 184 Å². The lowest BCUT2D eigenvalue weighted by atomic mass is 10.2. The number of hydrogen-bond donors (Lipinski definition) is 2. The van der Waals surface area contributed by atoms with Gasteiger partial charge in [0.05, 0.1) is 37.0 Å². The van der Waals surface area contributed by atoms with Crippen molar-refractivity contribution in [3.05, 3.63) is 18.4 Å². The maximum absolute atomic E-state index is 10.2. The summed E-state index contributed by atoms with van der Waals surface area (Å²) in [4.78, 5) is 21.5. The third-order valence-electron chi connectivity index (χ3n) is 4.75. The molecule has 1 fully saturated rings. The van der Waals surface area contributed by atoms with Crippen LogP contribution in [0.2, 0.25) is 0 Å². The molecule has 3 aromatic heterocycles. The lowest BCUT2D eigenvalue weighted by molar-refractivity contribution is -0.0469. The minimum absolute atomic E-state index is 0.196. The summed E-state index contributed by atoms with van der Waals surface area (Å²) in [6.07, 6.45) is 2.85. The Morgan fingerprint density at radius 2 is 1.94 bits per heavy atom. The Bertz CT molecular complexity index is 1120. The van der Waals surface area contributed by atoms with Gasteiger partial charge < -0.3 is 29.2 Å². The van der Waals surface area contributed by atoms with Crippen LogP contribution in [0.3, 0.4) is 0 Å². The number of furan rings is 1. The second-order valence-corrected chi connectivity index (χ2v) is 7.85. The average Bonchev–Trinajstić information content (AvgIpc) is 3.48. The molecule has 0 saturated carbocycles. The van der Waals surface area contributed by atoms with E-state index in [-0.39, 0.29) is 19.0 Å². The predicted octanol–water partition coefficient (Wildman–Crippen LogP) is 1.17. The molecule has 3 aromatic rings. The predicted molar refractivity (Wildman–Crippen MR) is 118 cm³/mol. The van der Waals surface area contributed by atoms with Gasteiger partial charge in [-0.25, -0.2) is 14.7 Å². The Balaban J connectivity index is 1.95. The Morgan fingerprint density at radius 3 is 2.56 bits per heavy atom. The first-order valence-corrected chi connectivity index (χ1v) is 10.1. The van der Waals surface area contributed by atoms with E-state index in [2.05, 4.69) is 20.0 Å². The number of aromatic nitrogens is 4. The molecule has 12 heteroatoms. The minimum atomic E-state index is -0.824. The van der Waals surface area contributed by atoms with Crippen LogP contribution in [0.4, 0.5) is 11.8 Å². The van der Waals surface area contributed by atoms with Crippen molar-refractivity contribution < 1.29 is 19.4 Å². The van der Waals surface area contributed by atoms with Crippen molar-refractivity contribution in [3.8, 4) is 11.5 Å². The van der Waals surface area contributed by atoms with Gasteiger partial charge in [-0.05, 0) is 12.1 Å². The van der Waals surface area contributed by atoms with Gasteiger partial charge in [0.15, 0.2) is 23.5 Å². The highest BCUT2D eigenvalue weighted by atomic mass is 16.5. The number of rotatable bonds is 7. The number of ether oxygens (including phenoxy) is 1. The van der Waals surface area contributed by atoms with E-state index in [9.17, 15) is 10.2 Å². The topological polar surface area (TPSA) is 138 Å². The van der Waals surface area contributed by atoms with Crippen molar-refractivity contribution in [2.75, 3.05) is 34.8 Å². The molecule has 170 valence electrons. The van der Waals surface area contributed by atoms with Gasteiger partial charge in [0.1, 0.15) is 11.8 Å². The van der Waals surface area contributed by atoms with E-state index in [1.54, 1.807) is 45.6 Å². The molecule has 0 aliphatic carbocycles. The zero-order chi connectivity index (χ0) is 22.8. The Kier molecular flexibility index (Phi) is 6.17. The van der Waals surface area contributed by atoms with Crippen molar-refractivity contribution in [2.45, 2.75) is 24.9 Å². The van der Waals surface area contributed by atoms with E-state index in [1.165, 1.54) is 0 Å². The molecule has 0 spiro atoms. The highest BCUT2D eigenvalue weighted by Crippen LogP contribution is 2.38. The first-order chi connectivity index (χ1) is 15.4. The van der Waals surface area contributed by atoms with E-state index in [0.717, 1.165) is 0 Å². The molecular weight excluding hydrogens is 416 g/mol. The van der Waals surface area contributed by atoms with E-state index in [0.29, 0.717) is 28.3 Å². The summed E-state index contributed by atoms with van der Waals surface area (Å²) in [7, 11) is 7.39. The van der Waals surface area contributed by atoms with Gasteiger partial charge in [0.2, 0.25) is 0 Å². The lowest BCUT2D eigenvalue weighted by Crippen LogP contribution is -2.24. The molecule has 4 rings (SSSR count). The highest BCUT2D eigenvalue weighted by molar-refractivity contribution is 5.98. The molecule has 1 aliphatic heterocycles. The molecule has 0 aromatic carbocycles. The SMILES string of the molecule is CN(C)/C=N\c1nc(/N=C/N(C)C)nc2c1c(-c1ccco1)nn2C1CC(O)C(CO)O1. The molecule has 1 saturated heterocycles. The molecule has 2 N–H and O–H groups in total. The molecule has 0 radical (unpaired) electrons. The van der Waals surface area contributed by atoms with Crippen LogP contribution in [0.25, 0.3) is 22.5 Å². The largest absolute Gasteiger partial charge is 0.463 e. The van der Waals surface area contributed by atoms with Gasteiger partial charge >= 0.3 is 0 Å². The summed E-state index contributed by atoms with van der Waals surface area (Å²) in [5.41, 5.74) is 0.920. The lowest BCUT2D eigenvalue weighted by Gasteiger charge is -2.13. The second kappa shape index (κ2) is 9.02. The van der Waals surface area contributed by atoms with Gasteiger partial charge in [-0.1, -0.05) is 0 Å². The van der Waals surface area contributed by atoms with Crippen LogP contribution < -0.4 is 0 Å². The zero-order valence-electron chi connectivity index (χ0n) is 18.3. The number of hydrogen-bond acceptors (Lipinski definition) is 9. The molecule has 12 nitrogen and oxygen atoms in total. The van der Waals surface area contributed by atoms with Crippen molar-refractivity contribution in [2.24, 2.45) is 9.98 Å². The van der Waals surface area contributed by atoms with Crippen molar-refractivity contribution in [1.82, 2.24) is 29.5 Å². The first-order valence-electron chi connectivity index (χ1n) is 10.1. The minimum Gasteiger partial charge on any atom is -0.463 e. The summed E-state index contributed by atoms with van der Waals surface area (Å²) in [5.74, 6) is 1.08. The fraction of sp³-hybridized carbons (Fsp3) is 0.450.